The molecule has 0 aromatic heterocycles. The van der Waals surface area contributed by atoms with Gasteiger partial charge in [-0.05, 0) is 41.3 Å². The Hall–Kier alpha value is -2.25. The van der Waals surface area contributed by atoms with Gasteiger partial charge in [-0.15, -0.1) is 0 Å². The molecule has 2 aromatic rings. The monoisotopic (exact) mass is 392 g/mol. The van der Waals surface area contributed by atoms with Crippen molar-refractivity contribution < 1.29 is 17.6 Å². The third-order valence-electron chi connectivity index (χ3n) is 4.19. The van der Waals surface area contributed by atoms with Crippen LogP contribution in [0.1, 0.15) is 37.3 Å². The van der Waals surface area contributed by atoms with Gasteiger partial charge in [0.25, 0.3) is 0 Å². The van der Waals surface area contributed by atoms with Crippen molar-refractivity contribution in [2.24, 2.45) is 0 Å². The summed E-state index contributed by atoms with van der Waals surface area (Å²) in [6, 6.07) is 13.2. The quantitative estimate of drug-likeness (QED) is 0.744. The predicted molar refractivity (Wildman–Crippen MR) is 105 cm³/mol. The van der Waals surface area contributed by atoms with E-state index in [0.717, 1.165) is 6.26 Å². The Morgan fingerprint density at radius 1 is 1.07 bits per heavy atom. The lowest BCUT2D eigenvalue weighted by atomic mass is 10.0. The van der Waals surface area contributed by atoms with E-state index >= 15 is 0 Å². The van der Waals surface area contributed by atoms with Gasteiger partial charge in [-0.25, -0.2) is 12.8 Å². The van der Waals surface area contributed by atoms with Crippen LogP contribution in [-0.4, -0.2) is 31.4 Å². The van der Waals surface area contributed by atoms with Crippen LogP contribution in [-0.2, 0) is 21.4 Å². The molecule has 1 amide bonds. The lowest BCUT2D eigenvalue weighted by Crippen LogP contribution is -2.32. The van der Waals surface area contributed by atoms with E-state index in [2.05, 4.69) is 19.2 Å². The molecule has 0 unspecified atom stereocenters. The summed E-state index contributed by atoms with van der Waals surface area (Å²) in [6.45, 7) is 4.32. The first-order chi connectivity index (χ1) is 12.6. The Morgan fingerprint density at radius 3 is 2.19 bits per heavy atom. The Labute approximate surface area is 160 Å². The van der Waals surface area contributed by atoms with Crippen LogP contribution in [0.25, 0.3) is 0 Å². The molecule has 0 saturated carbocycles. The van der Waals surface area contributed by atoms with Crippen LogP contribution >= 0.6 is 0 Å². The van der Waals surface area contributed by atoms with Crippen LogP contribution in [0.5, 0.6) is 0 Å². The second-order valence-electron chi connectivity index (χ2n) is 6.80. The molecule has 0 bridgehead atoms. The third-order valence-corrected chi connectivity index (χ3v) is 5.44. The molecule has 146 valence electrons. The van der Waals surface area contributed by atoms with Gasteiger partial charge in [0.2, 0.25) is 15.9 Å². The van der Waals surface area contributed by atoms with Gasteiger partial charge in [0.15, 0.2) is 0 Å². The number of hydrogen-bond acceptors (Lipinski definition) is 3. The molecule has 1 N–H and O–H groups in total. The number of nitrogens with zero attached hydrogens (tertiary/aromatic N) is 1. The number of anilines is 1. The minimum absolute atomic E-state index is 0.0280. The van der Waals surface area contributed by atoms with Crippen molar-refractivity contribution in [2.45, 2.75) is 32.7 Å². The number of amides is 1. The molecular formula is C20H25FN2O3S. The van der Waals surface area contributed by atoms with E-state index in [-0.39, 0.29) is 31.2 Å². The molecule has 5 nitrogen and oxygen atoms in total. The summed E-state index contributed by atoms with van der Waals surface area (Å²) in [6.07, 6.45) is 1.12. The molecule has 7 heteroatoms. The molecular weight excluding hydrogens is 367 g/mol. The first-order valence-corrected chi connectivity index (χ1v) is 10.6. The Morgan fingerprint density at radius 2 is 1.67 bits per heavy atom. The summed E-state index contributed by atoms with van der Waals surface area (Å²) in [7, 11) is -3.50. The highest BCUT2D eigenvalue weighted by Crippen LogP contribution is 2.17. The molecule has 0 aliphatic carbocycles. The number of benzene rings is 2. The second kappa shape index (κ2) is 9.10. The second-order valence-corrected chi connectivity index (χ2v) is 8.78. The fraction of sp³-hybridized carbons (Fsp3) is 0.350. The molecule has 0 aliphatic heterocycles. The number of rotatable bonds is 8. The van der Waals surface area contributed by atoms with Gasteiger partial charge in [-0.3, -0.25) is 4.79 Å². The van der Waals surface area contributed by atoms with E-state index in [0.29, 0.717) is 17.2 Å². The van der Waals surface area contributed by atoms with Crippen LogP contribution < -0.4 is 5.32 Å². The van der Waals surface area contributed by atoms with Gasteiger partial charge in [-0.2, -0.15) is 4.31 Å². The largest absolute Gasteiger partial charge is 0.326 e. The third kappa shape index (κ3) is 6.77. The molecule has 0 aliphatic rings. The van der Waals surface area contributed by atoms with E-state index in [1.807, 2.05) is 24.3 Å². The van der Waals surface area contributed by atoms with Crippen molar-refractivity contribution >= 4 is 21.6 Å². The van der Waals surface area contributed by atoms with Crippen molar-refractivity contribution in [3.8, 4) is 0 Å². The summed E-state index contributed by atoms with van der Waals surface area (Å²) in [5.41, 5.74) is 2.51. The lowest BCUT2D eigenvalue weighted by molar-refractivity contribution is -0.116. The first kappa shape index (κ1) is 21.1. The maximum Gasteiger partial charge on any atom is 0.225 e. The molecule has 0 atom stereocenters. The standard InChI is InChI=1S/C20H25FN2O3S/c1-15(2)17-6-10-19(11-7-17)22-20(24)12-13-23(27(3,25)26)14-16-4-8-18(21)9-5-16/h4-11,15H,12-14H2,1-3H3,(H,22,24). The highest BCUT2D eigenvalue weighted by Gasteiger charge is 2.18. The van der Waals surface area contributed by atoms with Crippen LogP contribution in [0.4, 0.5) is 10.1 Å². The summed E-state index contributed by atoms with van der Waals surface area (Å²) in [5.74, 6) is -0.239. The number of sulfonamides is 1. The van der Waals surface area contributed by atoms with Crippen LogP contribution in [0.15, 0.2) is 48.5 Å². The van der Waals surface area contributed by atoms with Crippen molar-refractivity contribution in [1.29, 1.82) is 0 Å². The van der Waals surface area contributed by atoms with Gasteiger partial charge in [-0.1, -0.05) is 38.1 Å². The normalized spacial score (nSPS) is 11.8. The zero-order chi connectivity index (χ0) is 20.0. The lowest BCUT2D eigenvalue weighted by Gasteiger charge is -2.20. The van der Waals surface area contributed by atoms with E-state index in [1.54, 1.807) is 0 Å². The van der Waals surface area contributed by atoms with E-state index in [9.17, 15) is 17.6 Å². The SMILES string of the molecule is CC(C)c1ccc(NC(=O)CCN(Cc2ccc(F)cc2)S(C)(=O)=O)cc1. The van der Waals surface area contributed by atoms with Crippen LogP contribution in [0.3, 0.4) is 0 Å². The molecule has 0 saturated heterocycles. The van der Waals surface area contributed by atoms with E-state index in [4.69, 9.17) is 0 Å². The van der Waals surface area contributed by atoms with Gasteiger partial charge in [0.1, 0.15) is 5.82 Å². The summed E-state index contributed by atoms with van der Waals surface area (Å²) < 4.78 is 38.2. The Balaban J connectivity index is 1.95. The van der Waals surface area contributed by atoms with Gasteiger partial charge < -0.3 is 5.32 Å². The van der Waals surface area contributed by atoms with E-state index in [1.165, 1.54) is 34.1 Å². The van der Waals surface area contributed by atoms with Crippen molar-refractivity contribution in [3.63, 3.8) is 0 Å². The van der Waals surface area contributed by atoms with Crippen LogP contribution in [0.2, 0.25) is 0 Å². The number of nitrogens with one attached hydrogen (secondary N) is 1. The number of halogens is 1. The molecule has 0 radical (unpaired) electrons. The molecule has 0 fully saturated rings. The number of carbonyl (C=O) groups is 1. The molecule has 0 spiro atoms. The predicted octanol–water partition coefficient (Wildman–Crippen LogP) is 3.74. The molecule has 2 aromatic carbocycles. The Bertz CT molecular complexity index is 863. The maximum absolute atomic E-state index is 13.0. The minimum atomic E-state index is -3.50. The minimum Gasteiger partial charge on any atom is -0.326 e. The van der Waals surface area contributed by atoms with Gasteiger partial charge >= 0.3 is 0 Å². The van der Waals surface area contributed by atoms with Gasteiger partial charge in [0, 0.05) is 25.2 Å². The summed E-state index contributed by atoms with van der Waals surface area (Å²) >= 11 is 0. The highest BCUT2D eigenvalue weighted by molar-refractivity contribution is 7.88. The summed E-state index contributed by atoms with van der Waals surface area (Å²) in [5, 5.41) is 2.78. The topological polar surface area (TPSA) is 66.5 Å². The summed E-state index contributed by atoms with van der Waals surface area (Å²) in [4.78, 5) is 12.2. The zero-order valence-electron chi connectivity index (χ0n) is 15.8. The Kier molecular flexibility index (Phi) is 7.10. The zero-order valence-corrected chi connectivity index (χ0v) is 16.6. The van der Waals surface area contributed by atoms with Gasteiger partial charge in [0.05, 0.1) is 6.26 Å². The average Bonchev–Trinajstić information content (AvgIpc) is 2.59. The number of carbonyl (C=O) groups excluding carboxylic acids is 1. The maximum atomic E-state index is 13.0. The molecule has 27 heavy (non-hydrogen) atoms. The smallest absolute Gasteiger partial charge is 0.225 e. The fourth-order valence-electron chi connectivity index (χ4n) is 2.56. The van der Waals surface area contributed by atoms with Crippen molar-refractivity contribution in [2.75, 3.05) is 18.1 Å². The van der Waals surface area contributed by atoms with E-state index < -0.39 is 10.0 Å². The van der Waals surface area contributed by atoms with Crippen LogP contribution in [0, 0.1) is 5.82 Å². The van der Waals surface area contributed by atoms with Crippen molar-refractivity contribution in [1.82, 2.24) is 4.31 Å². The fourth-order valence-corrected chi connectivity index (χ4v) is 3.36. The molecule has 2 rings (SSSR count). The highest BCUT2D eigenvalue weighted by atomic mass is 32.2. The molecule has 0 heterocycles. The average molecular weight is 392 g/mol. The van der Waals surface area contributed by atoms with Crippen molar-refractivity contribution in [3.05, 3.63) is 65.5 Å². The first-order valence-electron chi connectivity index (χ1n) is 8.74. The number of hydrogen-bond donors (Lipinski definition) is 1.